The molecule has 1 aliphatic heterocycles. The number of halogens is 4. The molecule has 0 radical (unpaired) electrons. The first-order chi connectivity index (χ1) is 19.2. The summed E-state index contributed by atoms with van der Waals surface area (Å²) in [7, 11) is 0. The minimum absolute atomic E-state index is 0.0842. The summed E-state index contributed by atoms with van der Waals surface area (Å²) in [4.78, 5) is 13.3. The molecule has 7 nitrogen and oxygen atoms in total. The highest BCUT2D eigenvalue weighted by molar-refractivity contribution is 5.88. The van der Waals surface area contributed by atoms with Gasteiger partial charge in [0.1, 0.15) is 23.0 Å². The molecule has 1 aromatic heterocycles. The van der Waals surface area contributed by atoms with Crippen LogP contribution < -0.4 is 9.64 Å². The summed E-state index contributed by atoms with van der Waals surface area (Å²) in [5, 5.41) is 13.3. The molecule has 7 rings (SSSR count). The molecule has 2 heterocycles. The fourth-order valence-corrected chi connectivity index (χ4v) is 6.88. The number of nitrogens with zero attached hydrogens (tertiary/aromatic N) is 2. The van der Waals surface area contributed by atoms with Gasteiger partial charge in [-0.2, -0.15) is 0 Å². The van der Waals surface area contributed by atoms with Crippen LogP contribution in [0.3, 0.4) is 0 Å². The number of anilines is 1. The highest BCUT2D eigenvalue weighted by Gasteiger charge is 2.73. The number of aromatic carboxylic acids is 1. The lowest BCUT2D eigenvalue weighted by Gasteiger charge is -2.42. The maximum atomic E-state index is 14.9. The number of aromatic nitrogens is 1. The lowest BCUT2D eigenvalue weighted by molar-refractivity contribution is -0.274. The molecule has 3 aliphatic carbocycles. The SMILES string of the molecule is O=C(O)c1ccc(N2C3CC(OCc4c(-c5ccccc5OC(F)(F)F)noc4C4CC4)C[C@@H]4CC[C@@]342)c(F)c1. The van der Waals surface area contributed by atoms with Crippen LogP contribution in [0.1, 0.15) is 66.1 Å². The van der Waals surface area contributed by atoms with E-state index in [4.69, 9.17) is 9.26 Å². The number of benzene rings is 2. The van der Waals surface area contributed by atoms with Gasteiger partial charge in [-0.3, -0.25) is 0 Å². The summed E-state index contributed by atoms with van der Waals surface area (Å²) in [5.74, 6) is -0.951. The Morgan fingerprint density at radius 2 is 1.95 bits per heavy atom. The summed E-state index contributed by atoms with van der Waals surface area (Å²) in [6.07, 6.45) is 0.253. The lowest BCUT2D eigenvalue weighted by Crippen LogP contribution is -2.46. The summed E-state index contributed by atoms with van der Waals surface area (Å²) in [6.45, 7) is 0.129. The Bertz CT molecular complexity index is 1490. The van der Waals surface area contributed by atoms with E-state index in [1.807, 2.05) is 0 Å². The van der Waals surface area contributed by atoms with Crippen molar-refractivity contribution >= 4 is 11.7 Å². The van der Waals surface area contributed by atoms with Crippen molar-refractivity contribution in [1.82, 2.24) is 5.16 Å². The van der Waals surface area contributed by atoms with Crippen LogP contribution in [0.15, 0.2) is 47.0 Å². The van der Waals surface area contributed by atoms with Crippen molar-refractivity contribution in [1.29, 1.82) is 0 Å². The van der Waals surface area contributed by atoms with Crippen LogP contribution >= 0.6 is 0 Å². The Morgan fingerprint density at radius 1 is 1.15 bits per heavy atom. The third-order valence-electron chi connectivity index (χ3n) is 8.96. The van der Waals surface area contributed by atoms with Gasteiger partial charge < -0.3 is 24.0 Å². The second-order valence-corrected chi connectivity index (χ2v) is 11.2. The summed E-state index contributed by atoms with van der Waals surface area (Å²) >= 11 is 0. The van der Waals surface area contributed by atoms with Crippen molar-refractivity contribution in [3.63, 3.8) is 0 Å². The molecule has 2 unspecified atom stereocenters. The molecule has 210 valence electrons. The normalized spacial score (nSPS) is 27.0. The number of alkyl halides is 3. The van der Waals surface area contributed by atoms with E-state index >= 15 is 0 Å². The third kappa shape index (κ3) is 4.13. The predicted octanol–water partition coefficient (Wildman–Crippen LogP) is 6.67. The molecular formula is C29H26F4N2O5. The fraction of sp³-hybridized carbons (Fsp3) is 0.448. The zero-order valence-corrected chi connectivity index (χ0v) is 21.3. The van der Waals surface area contributed by atoms with E-state index in [2.05, 4.69) is 14.8 Å². The molecule has 3 aromatic rings. The average Bonchev–Trinajstić information content (AvgIpc) is 3.80. The highest BCUT2D eigenvalue weighted by atomic mass is 19.4. The number of hydrogen-bond acceptors (Lipinski definition) is 6. The van der Waals surface area contributed by atoms with Crippen LogP contribution in [0.25, 0.3) is 11.3 Å². The molecule has 0 amide bonds. The van der Waals surface area contributed by atoms with Crippen LogP contribution in [-0.4, -0.2) is 40.3 Å². The number of rotatable bonds is 8. The number of hydrogen-bond donors (Lipinski definition) is 1. The second kappa shape index (κ2) is 8.95. The van der Waals surface area contributed by atoms with E-state index in [9.17, 15) is 27.5 Å². The number of ether oxygens (including phenoxy) is 2. The first-order valence-electron chi connectivity index (χ1n) is 13.4. The van der Waals surface area contributed by atoms with Crippen molar-refractivity contribution in [2.75, 3.05) is 4.90 Å². The van der Waals surface area contributed by atoms with Crippen LogP contribution in [-0.2, 0) is 11.3 Å². The molecule has 3 saturated carbocycles. The largest absolute Gasteiger partial charge is 0.573 e. The topological polar surface area (TPSA) is 84.8 Å². The molecule has 2 aromatic carbocycles. The average molecular weight is 559 g/mol. The molecule has 1 N–H and O–H groups in total. The summed E-state index contributed by atoms with van der Waals surface area (Å²) in [6, 6.07) is 9.98. The zero-order chi connectivity index (χ0) is 27.8. The minimum atomic E-state index is -4.85. The fourth-order valence-electron chi connectivity index (χ4n) is 6.88. The van der Waals surface area contributed by atoms with Gasteiger partial charge in [-0.1, -0.05) is 17.3 Å². The van der Waals surface area contributed by atoms with Gasteiger partial charge in [0.25, 0.3) is 0 Å². The van der Waals surface area contributed by atoms with Gasteiger partial charge in [-0.05, 0) is 74.8 Å². The van der Waals surface area contributed by atoms with Crippen molar-refractivity contribution in [3.05, 3.63) is 65.2 Å². The first kappa shape index (κ1) is 25.4. The van der Waals surface area contributed by atoms with Gasteiger partial charge in [0.15, 0.2) is 0 Å². The van der Waals surface area contributed by atoms with Crippen molar-refractivity contribution in [2.24, 2.45) is 5.92 Å². The Morgan fingerprint density at radius 3 is 2.62 bits per heavy atom. The van der Waals surface area contributed by atoms with Crippen LogP contribution in [0.4, 0.5) is 23.2 Å². The maximum Gasteiger partial charge on any atom is 0.573 e. The standard InChI is InChI=1S/C29H26F4N2O5/c30-21-11-16(27(36)37)7-8-22(21)35-24-13-18(12-17-9-10-28(17,24)35)38-14-20-25(34-40-26(20)15-5-6-15)19-3-1-2-4-23(19)39-29(31,32)33/h1-4,7-8,11,15,17-18,24H,5-6,9-10,12-14H2,(H,36,37)/t17-,18?,24?,28-,35?/m0/s1. The van der Waals surface area contributed by atoms with Gasteiger partial charge in [-0.15, -0.1) is 13.2 Å². The number of carboxylic acids is 1. The third-order valence-corrected chi connectivity index (χ3v) is 8.96. The molecule has 1 spiro atoms. The molecule has 4 aliphatic rings. The monoisotopic (exact) mass is 558 g/mol. The maximum absolute atomic E-state index is 14.9. The van der Waals surface area contributed by atoms with Gasteiger partial charge >= 0.3 is 12.3 Å². The molecular weight excluding hydrogens is 532 g/mol. The van der Waals surface area contributed by atoms with Gasteiger partial charge in [0.2, 0.25) is 0 Å². The number of carboxylic acid groups (broad SMARTS) is 1. The number of para-hydroxylation sites is 1. The molecule has 1 saturated heterocycles. The summed E-state index contributed by atoms with van der Waals surface area (Å²) in [5.41, 5.74) is 1.32. The van der Waals surface area contributed by atoms with Crippen LogP contribution in [0, 0.1) is 11.7 Å². The highest BCUT2D eigenvalue weighted by Crippen LogP contribution is 2.66. The smallest absolute Gasteiger partial charge is 0.478 e. The van der Waals surface area contributed by atoms with E-state index in [0.29, 0.717) is 29.3 Å². The van der Waals surface area contributed by atoms with Crippen molar-refractivity contribution in [2.45, 2.75) is 75.1 Å². The van der Waals surface area contributed by atoms with Crippen LogP contribution in [0.2, 0.25) is 0 Å². The van der Waals surface area contributed by atoms with E-state index in [0.717, 1.165) is 38.2 Å². The van der Waals surface area contributed by atoms with Gasteiger partial charge in [0, 0.05) is 17.0 Å². The molecule has 40 heavy (non-hydrogen) atoms. The van der Waals surface area contributed by atoms with E-state index in [1.165, 1.54) is 24.3 Å². The molecule has 4 atom stereocenters. The quantitative estimate of drug-likeness (QED) is 0.244. The Balaban J connectivity index is 1.11. The van der Waals surface area contributed by atoms with E-state index in [1.54, 1.807) is 12.1 Å². The van der Waals surface area contributed by atoms with Gasteiger partial charge in [-0.25, -0.2) is 9.18 Å². The van der Waals surface area contributed by atoms with Crippen LogP contribution in [0.5, 0.6) is 5.75 Å². The molecule has 4 fully saturated rings. The predicted molar refractivity (Wildman–Crippen MR) is 133 cm³/mol. The van der Waals surface area contributed by atoms with E-state index < -0.39 is 18.1 Å². The van der Waals surface area contributed by atoms with E-state index in [-0.39, 0.29) is 52.8 Å². The Labute approximate surface area is 226 Å². The Hall–Kier alpha value is -3.60. The zero-order valence-electron chi connectivity index (χ0n) is 21.3. The molecule has 11 heteroatoms. The van der Waals surface area contributed by atoms with Crippen molar-refractivity contribution in [3.8, 4) is 17.0 Å². The lowest BCUT2D eigenvalue weighted by atomic mass is 9.64. The Kier molecular flexibility index (Phi) is 5.68. The first-order valence-corrected chi connectivity index (χ1v) is 13.4. The van der Waals surface area contributed by atoms with Crippen molar-refractivity contribution < 1.29 is 41.5 Å². The minimum Gasteiger partial charge on any atom is -0.478 e. The summed E-state index contributed by atoms with van der Waals surface area (Å²) < 4.78 is 70.5. The number of carbonyl (C=O) groups is 1. The second-order valence-electron chi connectivity index (χ2n) is 11.2. The molecule has 0 bridgehead atoms. The van der Waals surface area contributed by atoms with Gasteiger partial charge in [0.05, 0.1) is 35.5 Å².